The third-order valence-corrected chi connectivity index (χ3v) is 7.10. The monoisotopic (exact) mass is 622 g/mol. The van der Waals surface area contributed by atoms with Crippen molar-refractivity contribution in [2.75, 3.05) is 51.4 Å². The van der Waals surface area contributed by atoms with Crippen LogP contribution in [0.2, 0.25) is 0 Å². The van der Waals surface area contributed by atoms with Crippen LogP contribution in [0, 0.1) is 0 Å². The number of aromatic nitrogens is 2. The van der Waals surface area contributed by atoms with E-state index in [4.69, 9.17) is 20.9 Å². The molecule has 2 amide bonds. The van der Waals surface area contributed by atoms with Crippen molar-refractivity contribution in [2.45, 2.75) is 29.2 Å². The third kappa shape index (κ3) is 6.39. The van der Waals surface area contributed by atoms with Crippen LogP contribution in [0.1, 0.15) is 45.8 Å². The number of nitrogens with two attached hydrogens (primary N) is 2. The molecule has 1 spiro atoms. The van der Waals surface area contributed by atoms with Crippen molar-refractivity contribution in [1.29, 1.82) is 0 Å². The fraction of sp³-hybridized carbons (Fsp3) is 0.458. The van der Waals surface area contributed by atoms with Gasteiger partial charge >= 0.3 is 0 Å². The lowest BCUT2D eigenvalue weighted by Crippen LogP contribution is -2.57. The molecule has 13 heteroatoms. The van der Waals surface area contributed by atoms with Crippen molar-refractivity contribution >= 4 is 52.0 Å². The minimum Gasteiger partial charge on any atom is -0.493 e. The Balaban J connectivity index is 1.30. The minimum absolute atomic E-state index is 0.0108. The second-order valence-corrected chi connectivity index (χ2v) is 9.72. The maximum absolute atomic E-state index is 13.1. The lowest BCUT2D eigenvalue weighted by Gasteiger charge is -2.39. The normalized spacial score (nSPS) is 16.3. The van der Waals surface area contributed by atoms with Gasteiger partial charge in [0.05, 0.1) is 24.4 Å². The van der Waals surface area contributed by atoms with Crippen LogP contribution in [0.4, 0.5) is 11.6 Å². The molecular weight excluding hydrogens is 591 g/mol. The van der Waals surface area contributed by atoms with E-state index in [1.54, 1.807) is 19.2 Å². The molecule has 12 nitrogen and oxygen atoms in total. The van der Waals surface area contributed by atoms with Gasteiger partial charge in [-0.05, 0) is 31.0 Å². The second-order valence-electron chi connectivity index (χ2n) is 8.96. The number of guanidine groups is 1. The van der Waals surface area contributed by atoms with Gasteiger partial charge in [-0.25, -0.2) is 9.97 Å². The molecule has 1 fully saturated rings. The SMILES string of the molecule is COCCCOc1cccc(C(=O)N2CCC3(CC2)CN=C(NC(=O)c2nc(CI)c(N)nc2N)N3)c1. The number of aliphatic imine (C=N–C) groups is 1. The molecule has 2 aliphatic rings. The summed E-state index contributed by atoms with van der Waals surface area (Å²) in [5, 5.41) is 6.08. The highest BCUT2D eigenvalue weighted by molar-refractivity contribution is 14.1. The summed E-state index contributed by atoms with van der Waals surface area (Å²) in [5.41, 5.74) is 12.4. The molecule has 0 unspecified atom stereocenters. The van der Waals surface area contributed by atoms with E-state index in [9.17, 15) is 9.59 Å². The van der Waals surface area contributed by atoms with E-state index in [0.717, 1.165) is 6.42 Å². The van der Waals surface area contributed by atoms with E-state index in [1.807, 2.05) is 17.0 Å². The molecule has 0 saturated carbocycles. The van der Waals surface area contributed by atoms with Gasteiger partial charge in [0.2, 0.25) is 0 Å². The quantitative estimate of drug-likeness (QED) is 0.193. The molecule has 1 aromatic heterocycles. The van der Waals surface area contributed by atoms with Crippen LogP contribution in [0.3, 0.4) is 0 Å². The number of nitrogens with one attached hydrogen (secondary N) is 2. The molecule has 4 rings (SSSR count). The number of benzene rings is 1. The predicted molar refractivity (Wildman–Crippen MR) is 148 cm³/mol. The number of likely N-dealkylation sites (tertiary alicyclic amines) is 1. The molecule has 2 aromatic rings. The first-order chi connectivity index (χ1) is 17.8. The largest absolute Gasteiger partial charge is 0.493 e. The zero-order valence-corrected chi connectivity index (χ0v) is 22.8. The Labute approximate surface area is 228 Å². The molecule has 1 aromatic carbocycles. The number of anilines is 2. The first kappa shape index (κ1) is 26.9. The standard InChI is InChI=1S/C24H31IN8O4/c1-36-10-3-11-37-16-5-2-4-15(12-16)22(35)33-8-6-24(7-9-33)14-28-23(32-24)31-21(34)18-20(27)30-19(26)17(13-25)29-18/h2,4-5,12H,3,6-11,13-14H2,1H3,(H4,26,27,30)(H2,28,31,32,34). The second kappa shape index (κ2) is 11.9. The Kier molecular flexibility index (Phi) is 8.63. The first-order valence-corrected chi connectivity index (χ1v) is 13.5. The average molecular weight is 622 g/mol. The van der Waals surface area contributed by atoms with Crippen molar-refractivity contribution < 1.29 is 19.1 Å². The van der Waals surface area contributed by atoms with Crippen LogP contribution in [0.25, 0.3) is 0 Å². The van der Waals surface area contributed by atoms with E-state index in [2.05, 4.69) is 48.2 Å². The molecule has 6 N–H and O–H groups in total. The number of hydrogen-bond donors (Lipinski definition) is 4. The van der Waals surface area contributed by atoms with Gasteiger partial charge in [-0.15, -0.1) is 0 Å². The highest BCUT2D eigenvalue weighted by Crippen LogP contribution is 2.27. The molecule has 0 bridgehead atoms. The summed E-state index contributed by atoms with van der Waals surface area (Å²) in [5.74, 6) is 0.662. The van der Waals surface area contributed by atoms with E-state index in [0.29, 0.717) is 73.1 Å². The number of ether oxygens (including phenoxy) is 2. The number of piperidine rings is 1. The van der Waals surface area contributed by atoms with Gasteiger partial charge in [0.25, 0.3) is 11.8 Å². The fourth-order valence-electron chi connectivity index (χ4n) is 4.28. The number of nitrogen functional groups attached to an aromatic ring is 2. The fourth-order valence-corrected chi connectivity index (χ4v) is 4.84. The number of hydrogen-bond acceptors (Lipinski definition) is 10. The molecule has 0 radical (unpaired) electrons. The number of nitrogens with zero attached hydrogens (tertiary/aromatic N) is 4. The Morgan fingerprint density at radius 3 is 2.70 bits per heavy atom. The number of rotatable bonds is 8. The van der Waals surface area contributed by atoms with Crippen LogP contribution in [-0.2, 0) is 9.16 Å². The number of carbonyl (C=O) groups excluding carboxylic acids is 2. The molecule has 1 saturated heterocycles. The summed E-state index contributed by atoms with van der Waals surface area (Å²) >= 11 is 2.10. The van der Waals surface area contributed by atoms with Gasteiger partial charge in [-0.2, -0.15) is 0 Å². The Morgan fingerprint density at radius 2 is 1.97 bits per heavy atom. The van der Waals surface area contributed by atoms with E-state index in [-0.39, 0.29) is 28.8 Å². The van der Waals surface area contributed by atoms with Crippen molar-refractivity contribution in [3.8, 4) is 5.75 Å². The molecule has 3 heterocycles. The summed E-state index contributed by atoms with van der Waals surface area (Å²) < 4.78 is 11.3. The summed E-state index contributed by atoms with van der Waals surface area (Å²) in [4.78, 5) is 40.5. The van der Waals surface area contributed by atoms with Crippen molar-refractivity contribution in [3.05, 3.63) is 41.2 Å². The van der Waals surface area contributed by atoms with Gasteiger partial charge < -0.3 is 31.2 Å². The maximum atomic E-state index is 13.1. The number of halogens is 1. The molecule has 0 atom stereocenters. The Morgan fingerprint density at radius 1 is 1.19 bits per heavy atom. The highest BCUT2D eigenvalue weighted by atomic mass is 127. The molecular formula is C24H31IN8O4. The highest BCUT2D eigenvalue weighted by Gasteiger charge is 2.40. The van der Waals surface area contributed by atoms with Crippen molar-refractivity contribution in [3.63, 3.8) is 0 Å². The lowest BCUT2D eigenvalue weighted by atomic mass is 9.88. The smallest absolute Gasteiger partial charge is 0.280 e. The molecule has 198 valence electrons. The van der Waals surface area contributed by atoms with Crippen LogP contribution in [-0.4, -0.2) is 78.1 Å². The lowest BCUT2D eigenvalue weighted by molar-refractivity contribution is 0.0668. The van der Waals surface area contributed by atoms with Gasteiger partial charge in [0.15, 0.2) is 17.5 Å². The third-order valence-electron chi connectivity index (χ3n) is 6.37. The summed E-state index contributed by atoms with van der Waals surface area (Å²) in [6, 6.07) is 7.25. The Bertz CT molecular complexity index is 1180. The van der Waals surface area contributed by atoms with Crippen LogP contribution in [0.5, 0.6) is 5.75 Å². The van der Waals surface area contributed by atoms with Crippen LogP contribution < -0.4 is 26.8 Å². The molecule has 37 heavy (non-hydrogen) atoms. The van der Waals surface area contributed by atoms with Crippen molar-refractivity contribution in [1.82, 2.24) is 25.5 Å². The van der Waals surface area contributed by atoms with Crippen LogP contribution >= 0.6 is 22.6 Å². The average Bonchev–Trinajstić information content (AvgIpc) is 3.28. The zero-order valence-electron chi connectivity index (χ0n) is 20.6. The zero-order chi connectivity index (χ0) is 26.4. The summed E-state index contributed by atoms with van der Waals surface area (Å²) in [6.07, 6.45) is 2.16. The van der Waals surface area contributed by atoms with Gasteiger partial charge in [0.1, 0.15) is 11.6 Å². The number of carbonyl (C=O) groups is 2. The first-order valence-electron chi connectivity index (χ1n) is 12.0. The Hall–Kier alpha value is -3.20. The molecule has 0 aliphatic carbocycles. The number of amides is 2. The van der Waals surface area contributed by atoms with Gasteiger partial charge in [0, 0.05) is 43.2 Å². The van der Waals surface area contributed by atoms with E-state index >= 15 is 0 Å². The summed E-state index contributed by atoms with van der Waals surface area (Å²) in [6.45, 7) is 2.78. The maximum Gasteiger partial charge on any atom is 0.280 e. The van der Waals surface area contributed by atoms with Gasteiger partial charge in [-0.3, -0.25) is 19.9 Å². The molecule has 2 aliphatic heterocycles. The topological polar surface area (TPSA) is 170 Å². The predicted octanol–water partition coefficient (Wildman–Crippen LogP) is 1.36. The minimum atomic E-state index is -0.503. The van der Waals surface area contributed by atoms with E-state index < -0.39 is 5.91 Å². The summed E-state index contributed by atoms with van der Waals surface area (Å²) in [7, 11) is 1.65. The van der Waals surface area contributed by atoms with Crippen LogP contribution in [0.15, 0.2) is 29.3 Å². The van der Waals surface area contributed by atoms with E-state index in [1.165, 1.54) is 0 Å². The van der Waals surface area contributed by atoms with Crippen molar-refractivity contribution in [2.24, 2.45) is 4.99 Å². The number of alkyl halides is 1. The number of methoxy groups -OCH3 is 1. The van der Waals surface area contributed by atoms with Gasteiger partial charge in [-0.1, -0.05) is 28.7 Å².